The van der Waals surface area contributed by atoms with E-state index < -0.39 is 29.9 Å². The molecule has 1 saturated carbocycles. The first-order chi connectivity index (χ1) is 17.9. The summed E-state index contributed by atoms with van der Waals surface area (Å²) >= 11 is 0. The molecule has 2 aliphatic rings. The molecule has 0 radical (unpaired) electrons. The zero-order chi connectivity index (χ0) is 26.4. The lowest BCUT2D eigenvalue weighted by Gasteiger charge is -2.42. The molecule has 1 aliphatic carbocycles. The van der Waals surface area contributed by atoms with E-state index in [0.717, 1.165) is 11.3 Å². The number of ether oxygens (including phenoxy) is 1. The predicted octanol–water partition coefficient (Wildman–Crippen LogP) is 2.89. The molecule has 0 bridgehead atoms. The van der Waals surface area contributed by atoms with Crippen LogP contribution < -0.4 is 20.4 Å². The molecular weight excluding hydrogens is 476 g/mol. The Kier molecular flexibility index (Phi) is 8.50. The number of para-hydroxylation sites is 1. The maximum absolute atomic E-state index is 13.5. The van der Waals surface area contributed by atoms with E-state index in [9.17, 15) is 24.7 Å². The Morgan fingerprint density at radius 1 is 0.946 bits per heavy atom. The van der Waals surface area contributed by atoms with Crippen LogP contribution in [0, 0.1) is 17.8 Å². The van der Waals surface area contributed by atoms with Gasteiger partial charge in [0.25, 0.3) is 0 Å². The number of methoxy groups -OCH3 is 1. The first-order valence-corrected chi connectivity index (χ1v) is 12.6. The lowest BCUT2D eigenvalue weighted by Crippen LogP contribution is -2.53. The summed E-state index contributed by atoms with van der Waals surface area (Å²) < 4.78 is 5.21. The summed E-state index contributed by atoms with van der Waals surface area (Å²) in [5.74, 6) is -1.63. The van der Waals surface area contributed by atoms with E-state index in [4.69, 9.17) is 4.74 Å². The van der Waals surface area contributed by atoms with Crippen molar-refractivity contribution in [3.05, 3.63) is 60.2 Å². The highest BCUT2D eigenvalue weighted by molar-refractivity contribution is 5.87. The number of hydroxylamine groups is 1. The van der Waals surface area contributed by atoms with Crippen LogP contribution in [0.5, 0.6) is 5.75 Å². The average molecular weight is 511 g/mol. The van der Waals surface area contributed by atoms with Gasteiger partial charge in [0, 0.05) is 37.8 Å². The van der Waals surface area contributed by atoms with E-state index in [2.05, 4.69) is 10.2 Å². The van der Waals surface area contributed by atoms with E-state index in [-0.39, 0.29) is 18.2 Å². The summed E-state index contributed by atoms with van der Waals surface area (Å²) in [6, 6.07) is 16.6. The van der Waals surface area contributed by atoms with Crippen molar-refractivity contribution in [2.75, 3.05) is 38.2 Å². The van der Waals surface area contributed by atoms with Gasteiger partial charge in [0.15, 0.2) is 0 Å². The van der Waals surface area contributed by atoms with Gasteiger partial charge < -0.3 is 25.0 Å². The van der Waals surface area contributed by atoms with Crippen LogP contribution in [0.3, 0.4) is 0 Å². The predicted molar refractivity (Wildman–Crippen MR) is 136 cm³/mol. The van der Waals surface area contributed by atoms with Gasteiger partial charge in [-0.05, 0) is 55.0 Å². The van der Waals surface area contributed by atoms with Crippen LogP contribution in [-0.4, -0.2) is 66.4 Å². The molecule has 1 unspecified atom stereocenters. The molecule has 4 N–H and O–H groups in total. The van der Waals surface area contributed by atoms with Crippen LogP contribution in [0.1, 0.15) is 30.9 Å². The first kappa shape index (κ1) is 26.3. The van der Waals surface area contributed by atoms with Gasteiger partial charge in [0.05, 0.1) is 19.1 Å². The highest BCUT2D eigenvalue weighted by Crippen LogP contribution is 2.41. The number of anilines is 1. The first-order valence-electron chi connectivity index (χ1n) is 12.6. The number of carboxylic acid groups (broad SMARTS) is 1. The fourth-order valence-electron chi connectivity index (χ4n) is 5.65. The van der Waals surface area contributed by atoms with Gasteiger partial charge >= 0.3 is 6.09 Å². The number of amides is 3. The largest absolute Gasteiger partial charge is 0.497 e. The number of nitrogens with one attached hydrogen (secondary N) is 2. The molecule has 198 valence electrons. The molecule has 2 aromatic carbocycles. The minimum atomic E-state index is -1.17. The molecule has 37 heavy (non-hydrogen) atoms. The smallest absolute Gasteiger partial charge is 0.405 e. The molecular formula is C27H34N4O6. The van der Waals surface area contributed by atoms with Crippen molar-refractivity contribution in [2.45, 2.75) is 25.3 Å². The molecule has 10 nitrogen and oxygen atoms in total. The monoisotopic (exact) mass is 510 g/mol. The summed E-state index contributed by atoms with van der Waals surface area (Å²) in [4.78, 5) is 41.9. The van der Waals surface area contributed by atoms with Crippen LogP contribution in [0.25, 0.3) is 0 Å². The van der Waals surface area contributed by atoms with E-state index in [1.807, 2.05) is 30.3 Å². The molecule has 2 fully saturated rings. The third kappa shape index (κ3) is 6.14. The second kappa shape index (κ2) is 12.0. The van der Waals surface area contributed by atoms with Gasteiger partial charge in [-0.25, -0.2) is 10.3 Å². The van der Waals surface area contributed by atoms with Crippen LogP contribution in [0.2, 0.25) is 0 Å². The number of rotatable bonds is 7. The molecule has 1 aliphatic heterocycles. The summed E-state index contributed by atoms with van der Waals surface area (Å²) in [5.41, 5.74) is 3.60. The van der Waals surface area contributed by atoms with Gasteiger partial charge in [-0.2, -0.15) is 0 Å². The van der Waals surface area contributed by atoms with Crippen molar-refractivity contribution in [1.82, 2.24) is 15.7 Å². The van der Waals surface area contributed by atoms with Gasteiger partial charge in [-0.3, -0.25) is 14.8 Å². The number of benzene rings is 2. The molecule has 3 amide bonds. The van der Waals surface area contributed by atoms with Gasteiger partial charge in [-0.1, -0.05) is 30.3 Å². The minimum Gasteiger partial charge on any atom is -0.497 e. The van der Waals surface area contributed by atoms with Crippen LogP contribution in [0.4, 0.5) is 10.5 Å². The van der Waals surface area contributed by atoms with Crippen molar-refractivity contribution in [2.24, 2.45) is 17.8 Å². The number of piperazine rings is 1. The third-order valence-electron chi connectivity index (χ3n) is 7.59. The highest BCUT2D eigenvalue weighted by atomic mass is 16.5. The fourth-order valence-corrected chi connectivity index (χ4v) is 5.65. The number of carbonyl (C=O) groups is 3. The Morgan fingerprint density at radius 3 is 2.22 bits per heavy atom. The third-order valence-corrected chi connectivity index (χ3v) is 7.59. The molecule has 2 aromatic rings. The quantitative estimate of drug-likeness (QED) is 0.333. The zero-order valence-electron chi connectivity index (χ0n) is 20.9. The van der Waals surface area contributed by atoms with Crippen LogP contribution >= 0.6 is 0 Å². The van der Waals surface area contributed by atoms with Gasteiger partial charge in [0.1, 0.15) is 5.75 Å². The SMILES string of the molecule is COc1ccc(C(NC(=O)O)[C@@H]2CC[C@H](C(=O)N3CCN(c4ccccc4)CC3)[C@@H](C(=O)NO)C2)cc1. The summed E-state index contributed by atoms with van der Waals surface area (Å²) in [7, 11) is 1.56. The van der Waals surface area contributed by atoms with Crippen molar-refractivity contribution < 1.29 is 29.4 Å². The molecule has 10 heteroatoms. The Morgan fingerprint density at radius 2 is 1.62 bits per heavy atom. The topological polar surface area (TPSA) is 131 Å². The van der Waals surface area contributed by atoms with Crippen LogP contribution in [-0.2, 0) is 9.59 Å². The number of hydrogen-bond acceptors (Lipinski definition) is 6. The van der Waals surface area contributed by atoms with Crippen molar-refractivity contribution >= 4 is 23.6 Å². The number of hydrogen-bond donors (Lipinski definition) is 4. The lowest BCUT2D eigenvalue weighted by molar-refractivity contribution is -0.148. The summed E-state index contributed by atoms with van der Waals surface area (Å²) in [6.07, 6.45) is 0.0866. The molecule has 0 spiro atoms. The van der Waals surface area contributed by atoms with Gasteiger partial charge in [-0.15, -0.1) is 0 Å². The second-order valence-corrected chi connectivity index (χ2v) is 9.61. The molecule has 0 aromatic heterocycles. The molecule has 1 heterocycles. The average Bonchev–Trinajstić information content (AvgIpc) is 2.95. The Hall–Kier alpha value is -3.79. The van der Waals surface area contributed by atoms with E-state index in [0.29, 0.717) is 44.8 Å². The van der Waals surface area contributed by atoms with E-state index >= 15 is 0 Å². The standard InChI is InChI=1S/C27H34N4O6/c1-37-21-10-7-18(8-11-21)24(28-27(34)35)19-9-12-22(23(17-19)25(32)29-36)26(33)31-15-13-30(14-16-31)20-5-3-2-4-6-20/h2-8,10-11,19,22-24,28,36H,9,12-17H2,1H3,(H,29,32)(H,34,35)/t19-,22+,23+,24?/m1/s1. The Bertz CT molecular complexity index is 1070. The lowest BCUT2D eigenvalue weighted by atomic mass is 9.69. The fraction of sp³-hybridized carbons (Fsp3) is 0.444. The summed E-state index contributed by atoms with van der Waals surface area (Å²) in [6.45, 7) is 2.50. The maximum atomic E-state index is 13.5. The molecule has 4 rings (SSSR count). The molecule has 4 atom stereocenters. The molecule has 1 saturated heterocycles. The Balaban J connectivity index is 1.47. The highest BCUT2D eigenvalue weighted by Gasteiger charge is 2.43. The summed E-state index contributed by atoms with van der Waals surface area (Å²) in [5, 5.41) is 21.5. The second-order valence-electron chi connectivity index (χ2n) is 9.61. The van der Waals surface area contributed by atoms with Crippen LogP contribution in [0.15, 0.2) is 54.6 Å². The normalized spacial score (nSPS) is 22.6. The number of nitrogens with zero attached hydrogens (tertiary/aromatic N) is 2. The van der Waals surface area contributed by atoms with Crippen molar-refractivity contribution in [3.8, 4) is 5.75 Å². The van der Waals surface area contributed by atoms with E-state index in [1.165, 1.54) is 0 Å². The number of carbonyl (C=O) groups excluding carboxylic acids is 2. The van der Waals surface area contributed by atoms with E-state index in [1.54, 1.807) is 41.8 Å². The van der Waals surface area contributed by atoms with Crippen molar-refractivity contribution in [3.63, 3.8) is 0 Å². The maximum Gasteiger partial charge on any atom is 0.405 e. The van der Waals surface area contributed by atoms with Gasteiger partial charge in [0.2, 0.25) is 11.8 Å². The minimum absolute atomic E-state index is 0.0908. The van der Waals surface area contributed by atoms with Crippen molar-refractivity contribution in [1.29, 1.82) is 0 Å². The Labute approximate surface area is 216 Å². The zero-order valence-corrected chi connectivity index (χ0v) is 20.9.